The number of esters is 1. The summed E-state index contributed by atoms with van der Waals surface area (Å²) in [5, 5.41) is 9.44. The summed E-state index contributed by atoms with van der Waals surface area (Å²) in [5.74, 6) is -2.46. The summed E-state index contributed by atoms with van der Waals surface area (Å²) in [7, 11) is 1.26. The van der Waals surface area contributed by atoms with Gasteiger partial charge in [0.05, 0.1) is 13.0 Å². The van der Waals surface area contributed by atoms with Gasteiger partial charge < -0.3 is 14.7 Å². The summed E-state index contributed by atoms with van der Waals surface area (Å²) in [6, 6.07) is 6.49. The van der Waals surface area contributed by atoms with Crippen LogP contribution in [0.5, 0.6) is 0 Å². The van der Waals surface area contributed by atoms with Gasteiger partial charge in [0, 0.05) is 23.0 Å². The van der Waals surface area contributed by atoms with Gasteiger partial charge in [0.15, 0.2) is 0 Å². The van der Waals surface area contributed by atoms with E-state index in [0.29, 0.717) is 0 Å². The predicted octanol–water partition coefficient (Wildman–Crippen LogP) is 1.31. The second-order valence-corrected chi connectivity index (χ2v) is 6.40. The summed E-state index contributed by atoms with van der Waals surface area (Å²) in [6.45, 7) is 0.0901. The fourth-order valence-electron chi connectivity index (χ4n) is 2.53. The van der Waals surface area contributed by atoms with E-state index < -0.39 is 23.9 Å². The molecule has 1 aromatic rings. The third kappa shape index (κ3) is 3.76. The first kappa shape index (κ1) is 16.7. The third-order valence-corrected chi connectivity index (χ3v) is 4.42. The number of halogens is 1. The molecular formula is C15H16INO5. The zero-order chi connectivity index (χ0) is 16.3. The number of carbonyl (C=O) groups is 3. The maximum Gasteiger partial charge on any atom is 0.326 e. The molecule has 1 aliphatic heterocycles. The standard InChI is InChI=1S/C15H16INO5/c1-22-15(21)10-7-13(18)17(8-10)12(14(19)20)6-9-2-4-11(16)5-3-9/h2-5,10,12H,6-8H2,1H3,(H,19,20). The van der Waals surface area contributed by atoms with Gasteiger partial charge in [-0.25, -0.2) is 4.79 Å². The predicted molar refractivity (Wildman–Crippen MR) is 86.1 cm³/mol. The lowest BCUT2D eigenvalue weighted by molar-refractivity contribution is -0.148. The zero-order valence-corrected chi connectivity index (χ0v) is 14.1. The number of benzene rings is 1. The molecule has 118 valence electrons. The van der Waals surface area contributed by atoms with Crippen molar-refractivity contribution in [3.05, 3.63) is 33.4 Å². The van der Waals surface area contributed by atoms with Crippen molar-refractivity contribution in [2.45, 2.75) is 18.9 Å². The minimum atomic E-state index is -1.07. The molecule has 7 heteroatoms. The zero-order valence-electron chi connectivity index (χ0n) is 12.0. The Morgan fingerprint density at radius 3 is 2.59 bits per heavy atom. The summed E-state index contributed by atoms with van der Waals surface area (Å²) in [6.07, 6.45) is 0.217. The molecule has 2 atom stereocenters. The Kier molecular flexibility index (Phi) is 5.38. The van der Waals surface area contributed by atoms with Crippen LogP contribution in [0, 0.1) is 9.49 Å². The van der Waals surface area contributed by atoms with Crippen LogP contribution in [-0.4, -0.2) is 47.5 Å². The molecule has 1 heterocycles. The number of methoxy groups -OCH3 is 1. The molecule has 0 aromatic heterocycles. The molecule has 2 rings (SSSR count). The number of hydrogen-bond donors (Lipinski definition) is 1. The first-order valence-electron chi connectivity index (χ1n) is 6.77. The summed E-state index contributed by atoms with van der Waals surface area (Å²) in [5.41, 5.74) is 0.835. The number of hydrogen-bond acceptors (Lipinski definition) is 4. The van der Waals surface area contributed by atoms with Crippen molar-refractivity contribution in [3.63, 3.8) is 0 Å². The molecule has 0 radical (unpaired) electrons. The number of aliphatic carboxylic acids is 1. The van der Waals surface area contributed by atoms with E-state index in [1.807, 2.05) is 24.3 Å². The number of amides is 1. The van der Waals surface area contributed by atoms with Gasteiger partial charge in [0.2, 0.25) is 5.91 Å². The van der Waals surface area contributed by atoms with Crippen LogP contribution in [0.2, 0.25) is 0 Å². The van der Waals surface area contributed by atoms with Crippen LogP contribution in [0.1, 0.15) is 12.0 Å². The third-order valence-electron chi connectivity index (χ3n) is 3.70. The van der Waals surface area contributed by atoms with Crippen LogP contribution in [0.3, 0.4) is 0 Å². The van der Waals surface area contributed by atoms with E-state index in [0.717, 1.165) is 9.13 Å². The molecule has 1 N–H and O–H groups in total. The van der Waals surface area contributed by atoms with E-state index >= 15 is 0 Å². The minimum absolute atomic E-state index is 0.00312. The van der Waals surface area contributed by atoms with Crippen molar-refractivity contribution in [3.8, 4) is 0 Å². The van der Waals surface area contributed by atoms with E-state index in [9.17, 15) is 19.5 Å². The summed E-state index contributed by atoms with van der Waals surface area (Å²) >= 11 is 2.17. The lowest BCUT2D eigenvalue weighted by Gasteiger charge is -2.24. The van der Waals surface area contributed by atoms with Crippen LogP contribution in [0.25, 0.3) is 0 Å². The van der Waals surface area contributed by atoms with Crippen LogP contribution in [-0.2, 0) is 25.5 Å². The largest absolute Gasteiger partial charge is 0.480 e. The number of rotatable bonds is 5. The molecule has 2 unspecified atom stereocenters. The second kappa shape index (κ2) is 7.08. The first-order valence-corrected chi connectivity index (χ1v) is 7.84. The van der Waals surface area contributed by atoms with Gasteiger partial charge in [-0.15, -0.1) is 0 Å². The maximum atomic E-state index is 12.0. The smallest absolute Gasteiger partial charge is 0.326 e. The molecule has 0 saturated carbocycles. The van der Waals surface area contributed by atoms with Crippen molar-refractivity contribution < 1.29 is 24.2 Å². The number of carbonyl (C=O) groups excluding carboxylic acids is 2. The van der Waals surface area contributed by atoms with Crippen LogP contribution in [0.15, 0.2) is 24.3 Å². The van der Waals surface area contributed by atoms with Gasteiger partial charge in [0.25, 0.3) is 0 Å². The molecule has 0 aliphatic carbocycles. The SMILES string of the molecule is COC(=O)C1CC(=O)N(C(Cc2ccc(I)cc2)C(=O)O)C1. The second-order valence-electron chi connectivity index (χ2n) is 5.15. The molecule has 1 saturated heterocycles. The topological polar surface area (TPSA) is 83.9 Å². The normalized spacial score (nSPS) is 19.1. The molecule has 1 aliphatic rings. The quantitative estimate of drug-likeness (QED) is 0.577. The van der Waals surface area contributed by atoms with Crippen molar-refractivity contribution in [2.75, 3.05) is 13.7 Å². The highest BCUT2D eigenvalue weighted by molar-refractivity contribution is 14.1. The highest BCUT2D eigenvalue weighted by Gasteiger charge is 2.40. The van der Waals surface area contributed by atoms with E-state index in [1.54, 1.807) is 0 Å². The highest BCUT2D eigenvalue weighted by Crippen LogP contribution is 2.23. The molecule has 1 aromatic carbocycles. The molecular weight excluding hydrogens is 401 g/mol. The molecule has 1 fully saturated rings. The number of likely N-dealkylation sites (tertiary alicyclic amines) is 1. The molecule has 0 spiro atoms. The van der Waals surface area contributed by atoms with Gasteiger partial charge >= 0.3 is 11.9 Å². The fraction of sp³-hybridized carbons (Fsp3) is 0.400. The Hall–Kier alpha value is -1.64. The van der Waals surface area contributed by atoms with E-state index in [1.165, 1.54) is 12.0 Å². The van der Waals surface area contributed by atoms with Gasteiger partial charge in [0.1, 0.15) is 6.04 Å². The van der Waals surface area contributed by atoms with Crippen LogP contribution < -0.4 is 0 Å². The Morgan fingerprint density at radius 2 is 2.05 bits per heavy atom. The Balaban J connectivity index is 2.14. The number of carboxylic acid groups (broad SMARTS) is 1. The average Bonchev–Trinajstić information content (AvgIpc) is 2.87. The Labute approximate surface area is 141 Å². The van der Waals surface area contributed by atoms with Gasteiger partial charge in [-0.2, -0.15) is 0 Å². The van der Waals surface area contributed by atoms with Gasteiger partial charge in [-0.05, 0) is 40.3 Å². The van der Waals surface area contributed by atoms with Crippen molar-refractivity contribution in [1.82, 2.24) is 4.90 Å². The first-order chi connectivity index (χ1) is 10.4. The average molecular weight is 417 g/mol. The highest BCUT2D eigenvalue weighted by atomic mass is 127. The van der Waals surface area contributed by atoms with Crippen molar-refractivity contribution in [1.29, 1.82) is 0 Å². The van der Waals surface area contributed by atoms with Crippen LogP contribution in [0.4, 0.5) is 0 Å². The summed E-state index contributed by atoms with van der Waals surface area (Å²) in [4.78, 5) is 36.4. The van der Waals surface area contributed by atoms with Crippen LogP contribution >= 0.6 is 22.6 Å². The van der Waals surface area contributed by atoms with E-state index in [4.69, 9.17) is 0 Å². The lowest BCUT2D eigenvalue weighted by atomic mass is 10.0. The van der Waals surface area contributed by atoms with Gasteiger partial charge in [-0.1, -0.05) is 12.1 Å². The molecule has 6 nitrogen and oxygen atoms in total. The van der Waals surface area contributed by atoms with Crippen molar-refractivity contribution >= 4 is 40.4 Å². The van der Waals surface area contributed by atoms with E-state index in [2.05, 4.69) is 27.3 Å². The Morgan fingerprint density at radius 1 is 1.41 bits per heavy atom. The molecule has 0 bridgehead atoms. The summed E-state index contributed by atoms with van der Waals surface area (Å²) < 4.78 is 5.69. The maximum absolute atomic E-state index is 12.0. The monoisotopic (exact) mass is 417 g/mol. The van der Waals surface area contributed by atoms with Gasteiger partial charge in [-0.3, -0.25) is 9.59 Å². The Bertz CT molecular complexity index is 586. The van der Waals surface area contributed by atoms with E-state index in [-0.39, 0.29) is 25.3 Å². The molecule has 1 amide bonds. The number of carboxylic acids is 1. The number of ether oxygens (including phenoxy) is 1. The molecule has 22 heavy (non-hydrogen) atoms. The minimum Gasteiger partial charge on any atom is -0.480 e. The van der Waals surface area contributed by atoms with Crippen molar-refractivity contribution in [2.24, 2.45) is 5.92 Å². The lowest BCUT2D eigenvalue weighted by Crippen LogP contribution is -2.44. The number of nitrogens with zero attached hydrogens (tertiary/aromatic N) is 1. The fourth-order valence-corrected chi connectivity index (χ4v) is 2.89.